The topological polar surface area (TPSA) is 41.3 Å². The van der Waals surface area contributed by atoms with Crippen LogP contribution in [-0.4, -0.2) is 31.1 Å². The number of rotatable bonds is 4. The monoisotopic (exact) mass is 233 g/mol. The molecule has 3 N–H and O–H groups in total. The van der Waals surface area contributed by atoms with Gasteiger partial charge in [-0.1, -0.05) is 6.07 Å². The van der Waals surface area contributed by atoms with Crippen LogP contribution in [0.25, 0.3) is 0 Å². The maximum Gasteiger partial charge on any atom is 0.0391 e. The second kappa shape index (κ2) is 4.57. The number of likely N-dealkylation sites (N-methyl/N-ethyl adjacent to an activating group) is 1. The molecule has 0 bridgehead atoms. The molecule has 0 atom stereocenters. The molecule has 0 spiro atoms. The van der Waals surface area contributed by atoms with Crippen LogP contribution in [0.5, 0.6) is 0 Å². The van der Waals surface area contributed by atoms with E-state index in [4.69, 9.17) is 5.73 Å². The van der Waals surface area contributed by atoms with Crippen LogP contribution in [0, 0.1) is 6.92 Å². The molecule has 17 heavy (non-hydrogen) atoms. The molecule has 1 aliphatic rings. The Kier molecular flexibility index (Phi) is 3.29. The Morgan fingerprint density at radius 3 is 2.59 bits per heavy atom. The average Bonchev–Trinajstić information content (AvgIpc) is 2.21. The lowest BCUT2D eigenvalue weighted by Crippen LogP contribution is -2.54. The Hall–Kier alpha value is -1.22. The molecule has 0 aliphatic heterocycles. The summed E-state index contributed by atoms with van der Waals surface area (Å²) in [4.78, 5) is 2.35. The zero-order chi connectivity index (χ0) is 12.5. The van der Waals surface area contributed by atoms with Crippen molar-refractivity contribution in [1.82, 2.24) is 4.90 Å². The molecule has 94 valence electrons. The lowest BCUT2D eigenvalue weighted by molar-refractivity contribution is 0.0739. The maximum atomic E-state index is 5.82. The van der Waals surface area contributed by atoms with Crippen molar-refractivity contribution in [2.75, 3.05) is 31.7 Å². The molecule has 2 rings (SSSR count). The number of anilines is 2. The maximum absolute atomic E-state index is 5.82. The van der Waals surface area contributed by atoms with Crippen LogP contribution < -0.4 is 11.1 Å². The van der Waals surface area contributed by atoms with Crippen LogP contribution in [-0.2, 0) is 0 Å². The van der Waals surface area contributed by atoms with Crippen molar-refractivity contribution in [1.29, 1.82) is 0 Å². The van der Waals surface area contributed by atoms with E-state index < -0.39 is 0 Å². The van der Waals surface area contributed by atoms with Gasteiger partial charge >= 0.3 is 0 Å². The summed E-state index contributed by atoms with van der Waals surface area (Å²) >= 11 is 0. The zero-order valence-corrected chi connectivity index (χ0v) is 11.1. The number of nitrogens with two attached hydrogens (primary N) is 1. The second-order valence-electron chi connectivity index (χ2n) is 5.40. The van der Waals surface area contributed by atoms with E-state index in [0.29, 0.717) is 5.54 Å². The highest BCUT2D eigenvalue weighted by atomic mass is 15.2. The fourth-order valence-corrected chi connectivity index (χ4v) is 2.46. The molecule has 1 aromatic rings. The van der Waals surface area contributed by atoms with Gasteiger partial charge in [-0.2, -0.15) is 0 Å². The standard InChI is InChI=1S/C14H23N3/c1-11-5-6-12(15)9-13(11)16-10-14(17(2)3)7-4-8-14/h5-6,9,16H,4,7-8,10,15H2,1-3H3. The van der Waals surface area contributed by atoms with Crippen molar-refractivity contribution in [3.63, 3.8) is 0 Å². The van der Waals surface area contributed by atoms with Crippen molar-refractivity contribution < 1.29 is 0 Å². The predicted molar refractivity (Wildman–Crippen MR) is 74.4 cm³/mol. The molecule has 3 nitrogen and oxygen atoms in total. The minimum Gasteiger partial charge on any atom is -0.399 e. The predicted octanol–water partition coefficient (Wildman–Crippen LogP) is 2.47. The van der Waals surface area contributed by atoms with Gasteiger partial charge in [0.25, 0.3) is 0 Å². The van der Waals surface area contributed by atoms with Crippen LogP contribution in [0.4, 0.5) is 11.4 Å². The summed E-state index contributed by atoms with van der Waals surface area (Å²) < 4.78 is 0. The molecular formula is C14H23N3. The minimum absolute atomic E-state index is 0.344. The average molecular weight is 233 g/mol. The lowest BCUT2D eigenvalue weighted by atomic mass is 9.75. The smallest absolute Gasteiger partial charge is 0.0391 e. The van der Waals surface area contributed by atoms with Crippen molar-refractivity contribution in [3.8, 4) is 0 Å². The lowest BCUT2D eigenvalue weighted by Gasteiger charge is -2.47. The van der Waals surface area contributed by atoms with E-state index in [2.05, 4.69) is 37.3 Å². The van der Waals surface area contributed by atoms with Gasteiger partial charge in [-0.3, -0.25) is 0 Å². The minimum atomic E-state index is 0.344. The fraction of sp³-hybridized carbons (Fsp3) is 0.571. The normalized spacial score (nSPS) is 17.9. The first-order valence-electron chi connectivity index (χ1n) is 6.31. The van der Waals surface area contributed by atoms with Gasteiger partial charge in [0.05, 0.1) is 0 Å². The molecule has 1 aliphatic carbocycles. The molecule has 0 amide bonds. The van der Waals surface area contributed by atoms with Crippen LogP contribution in [0.3, 0.4) is 0 Å². The molecule has 1 aromatic carbocycles. The van der Waals surface area contributed by atoms with Gasteiger partial charge in [0.1, 0.15) is 0 Å². The van der Waals surface area contributed by atoms with Gasteiger partial charge < -0.3 is 16.0 Å². The van der Waals surface area contributed by atoms with Crippen LogP contribution >= 0.6 is 0 Å². The SMILES string of the molecule is Cc1ccc(N)cc1NCC1(N(C)C)CCC1. The number of aryl methyl sites for hydroxylation is 1. The Morgan fingerprint density at radius 1 is 1.35 bits per heavy atom. The van der Waals surface area contributed by atoms with Crippen LogP contribution in [0.15, 0.2) is 18.2 Å². The molecule has 0 heterocycles. The fourth-order valence-electron chi connectivity index (χ4n) is 2.46. The Balaban J connectivity index is 2.04. The van der Waals surface area contributed by atoms with Gasteiger partial charge in [0, 0.05) is 23.5 Å². The molecule has 3 heteroatoms. The van der Waals surface area contributed by atoms with Crippen LogP contribution in [0.2, 0.25) is 0 Å². The van der Waals surface area contributed by atoms with E-state index in [1.54, 1.807) is 0 Å². The molecule has 0 aromatic heterocycles. The van der Waals surface area contributed by atoms with Gasteiger partial charge in [0.15, 0.2) is 0 Å². The largest absolute Gasteiger partial charge is 0.399 e. The Labute approximate surface area is 104 Å². The molecule has 0 radical (unpaired) electrons. The molecule has 0 saturated heterocycles. The van der Waals surface area contributed by atoms with E-state index in [-0.39, 0.29) is 0 Å². The number of benzene rings is 1. The number of nitrogen functional groups attached to an aromatic ring is 1. The van der Waals surface area contributed by atoms with Crippen molar-refractivity contribution >= 4 is 11.4 Å². The third-order valence-electron chi connectivity index (χ3n) is 4.10. The summed E-state index contributed by atoms with van der Waals surface area (Å²) in [5.41, 5.74) is 9.41. The Bertz CT molecular complexity index is 394. The summed E-state index contributed by atoms with van der Waals surface area (Å²) in [5.74, 6) is 0. The summed E-state index contributed by atoms with van der Waals surface area (Å²) in [5, 5.41) is 3.56. The van der Waals surface area contributed by atoms with E-state index in [1.807, 2.05) is 12.1 Å². The first-order chi connectivity index (χ1) is 8.03. The second-order valence-corrected chi connectivity index (χ2v) is 5.40. The van der Waals surface area contributed by atoms with E-state index in [9.17, 15) is 0 Å². The summed E-state index contributed by atoms with van der Waals surface area (Å²) in [7, 11) is 4.35. The van der Waals surface area contributed by atoms with E-state index in [0.717, 1.165) is 17.9 Å². The number of hydrogen-bond donors (Lipinski definition) is 2. The highest BCUT2D eigenvalue weighted by Gasteiger charge is 2.38. The highest BCUT2D eigenvalue weighted by molar-refractivity contribution is 5.59. The van der Waals surface area contributed by atoms with Gasteiger partial charge in [-0.25, -0.2) is 0 Å². The third kappa shape index (κ3) is 2.39. The molecule has 1 fully saturated rings. The van der Waals surface area contributed by atoms with Crippen molar-refractivity contribution in [2.24, 2.45) is 0 Å². The third-order valence-corrected chi connectivity index (χ3v) is 4.10. The first-order valence-corrected chi connectivity index (χ1v) is 6.31. The van der Waals surface area contributed by atoms with Gasteiger partial charge in [-0.05, 0) is 58.0 Å². The number of nitrogens with one attached hydrogen (secondary N) is 1. The quantitative estimate of drug-likeness (QED) is 0.785. The summed E-state index contributed by atoms with van der Waals surface area (Å²) in [6, 6.07) is 6.05. The Morgan fingerprint density at radius 2 is 2.06 bits per heavy atom. The van der Waals surface area contributed by atoms with Gasteiger partial charge in [-0.15, -0.1) is 0 Å². The van der Waals surface area contributed by atoms with E-state index in [1.165, 1.54) is 24.8 Å². The molecule has 0 unspecified atom stereocenters. The van der Waals surface area contributed by atoms with E-state index >= 15 is 0 Å². The zero-order valence-electron chi connectivity index (χ0n) is 11.1. The molecule has 1 saturated carbocycles. The van der Waals surface area contributed by atoms with Crippen LogP contribution in [0.1, 0.15) is 24.8 Å². The first kappa shape index (κ1) is 12.2. The summed E-state index contributed by atoms with van der Waals surface area (Å²) in [6.45, 7) is 3.12. The molecular weight excluding hydrogens is 210 g/mol. The number of hydrogen-bond acceptors (Lipinski definition) is 3. The number of nitrogens with zero attached hydrogens (tertiary/aromatic N) is 1. The van der Waals surface area contributed by atoms with Crippen molar-refractivity contribution in [2.45, 2.75) is 31.7 Å². The van der Waals surface area contributed by atoms with Crippen molar-refractivity contribution in [3.05, 3.63) is 23.8 Å². The summed E-state index contributed by atoms with van der Waals surface area (Å²) in [6.07, 6.45) is 3.92. The highest BCUT2D eigenvalue weighted by Crippen LogP contribution is 2.36. The van der Waals surface area contributed by atoms with Gasteiger partial charge in [0.2, 0.25) is 0 Å².